The number of methoxy groups -OCH3 is 1. The van der Waals surface area contributed by atoms with Crippen molar-refractivity contribution in [1.82, 2.24) is 4.31 Å². The molecule has 1 N–H and O–H groups in total. The Hall–Kier alpha value is -2.45. The average molecular weight is 394 g/mol. The number of ether oxygens (including phenoxy) is 1. The summed E-state index contributed by atoms with van der Waals surface area (Å²) < 4.78 is 43.9. The molecule has 146 valence electrons. The van der Waals surface area contributed by atoms with E-state index in [1.54, 1.807) is 13.2 Å². The summed E-state index contributed by atoms with van der Waals surface area (Å²) in [6, 6.07) is 13.2. The number of para-hydroxylation sites is 1. The lowest BCUT2D eigenvalue weighted by Crippen LogP contribution is -2.34. The van der Waals surface area contributed by atoms with Crippen molar-refractivity contribution in [3.05, 3.63) is 59.9 Å². The molecule has 0 spiro atoms. The molecule has 0 bridgehead atoms. The topological polar surface area (TPSA) is 75.7 Å². The smallest absolute Gasteiger partial charge is 0.225 e. The zero-order valence-corrected chi connectivity index (χ0v) is 16.1. The Balaban J connectivity index is 1.92. The highest BCUT2D eigenvalue weighted by Crippen LogP contribution is 2.14. The second-order valence-corrected chi connectivity index (χ2v) is 8.02. The molecule has 0 unspecified atom stereocenters. The molecule has 27 heavy (non-hydrogen) atoms. The van der Waals surface area contributed by atoms with Gasteiger partial charge in [-0.1, -0.05) is 24.3 Å². The summed E-state index contributed by atoms with van der Waals surface area (Å²) in [6.07, 6.45) is 1.55. The molecular formula is C19H23FN2O4S. The van der Waals surface area contributed by atoms with Crippen LogP contribution in [0.25, 0.3) is 0 Å². The predicted octanol–water partition coefficient (Wildman–Crippen LogP) is 2.67. The third-order valence-corrected chi connectivity index (χ3v) is 5.32. The van der Waals surface area contributed by atoms with E-state index in [0.717, 1.165) is 17.6 Å². The minimum Gasteiger partial charge on any atom is -0.497 e. The van der Waals surface area contributed by atoms with Gasteiger partial charge in [-0.25, -0.2) is 17.1 Å². The quantitative estimate of drug-likeness (QED) is 0.710. The minimum atomic E-state index is -3.47. The number of sulfonamides is 1. The molecule has 2 aromatic carbocycles. The fourth-order valence-electron chi connectivity index (χ4n) is 2.49. The van der Waals surface area contributed by atoms with Crippen molar-refractivity contribution < 1.29 is 22.3 Å². The highest BCUT2D eigenvalue weighted by Gasteiger charge is 2.18. The van der Waals surface area contributed by atoms with Gasteiger partial charge in [-0.3, -0.25) is 4.79 Å². The van der Waals surface area contributed by atoms with Gasteiger partial charge in [0, 0.05) is 19.5 Å². The first-order valence-electron chi connectivity index (χ1n) is 8.42. The van der Waals surface area contributed by atoms with Crippen LogP contribution >= 0.6 is 0 Å². The molecule has 0 aliphatic rings. The van der Waals surface area contributed by atoms with Crippen molar-refractivity contribution in [3.8, 4) is 5.75 Å². The fraction of sp³-hybridized carbons (Fsp3) is 0.316. The van der Waals surface area contributed by atoms with Gasteiger partial charge in [0.1, 0.15) is 11.6 Å². The largest absolute Gasteiger partial charge is 0.497 e. The second-order valence-electron chi connectivity index (χ2n) is 6.04. The third-order valence-electron chi connectivity index (χ3n) is 4.01. The van der Waals surface area contributed by atoms with Crippen LogP contribution < -0.4 is 10.1 Å². The number of hydrogen-bond acceptors (Lipinski definition) is 4. The van der Waals surface area contributed by atoms with Gasteiger partial charge in [0.15, 0.2) is 0 Å². The number of carbonyl (C=O) groups excluding carboxylic acids is 1. The molecular weight excluding hydrogens is 371 g/mol. The van der Waals surface area contributed by atoms with E-state index in [9.17, 15) is 17.6 Å². The summed E-state index contributed by atoms with van der Waals surface area (Å²) in [4.78, 5) is 12.0. The predicted molar refractivity (Wildman–Crippen MR) is 103 cm³/mol. The Morgan fingerprint density at radius 2 is 1.78 bits per heavy atom. The van der Waals surface area contributed by atoms with E-state index in [1.807, 2.05) is 24.3 Å². The van der Waals surface area contributed by atoms with Gasteiger partial charge in [-0.2, -0.15) is 0 Å². The molecule has 2 rings (SSSR count). The van der Waals surface area contributed by atoms with Gasteiger partial charge >= 0.3 is 0 Å². The molecule has 0 radical (unpaired) electrons. The summed E-state index contributed by atoms with van der Waals surface area (Å²) in [5, 5.41) is 2.45. The summed E-state index contributed by atoms with van der Waals surface area (Å²) in [7, 11) is -1.89. The van der Waals surface area contributed by atoms with E-state index >= 15 is 0 Å². The number of carbonyl (C=O) groups is 1. The fourth-order valence-corrected chi connectivity index (χ4v) is 3.34. The molecule has 0 saturated carbocycles. The maximum atomic E-state index is 13.6. The van der Waals surface area contributed by atoms with Crippen LogP contribution in [0, 0.1) is 5.82 Å². The second kappa shape index (κ2) is 9.48. The summed E-state index contributed by atoms with van der Waals surface area (Å²) >= 11 is 0. The van der Waals surface area contributed by atoms with Gasteiger partial charge in [0.05, 0.1) is 19.1 Å². The number of nitrogens with zero attached hydrogens (tertiary/aromatic N) is 1. The maximum Gasteiger partial charge on any atom is 0.225 e. The van der Waals surface area contributed by atoms with E-state index in [0.29, 0.717) is 6.42 Å². The Morgan fingerprint density at radius 1 is 1.11 bits per heavy atom. The monoisotopic (exact) mass is 394 g/mol. The number of hydrogen-bond donors (Lipinski definition) is 1. The number of anilines is 1. The lowest BCUT2D eigenvalue weighted by atomic mass is 10.1. The molecule has 2 aromatic rings. The Bertz CT molecular complexity index is 870. The maximum absolute atomic E-state index is 13.6. The van der Waals surface area contributed by atoms with Crippen LogP contribution in [-0.2, 0) is 21.2 Å². The Labute approximate surface area is 159 Å². The first-order valence-corrected chi connectivity index (χ1v) is 10.3. The highest BCUT2D eigenvalue weighted by atomic mass is 32.2. The molecule has 0 aromatic heterocycles. The molecule has 0 saturated heterocycles. The summed E-state index contributed by atoms with van der Waals surface area (Å²) in [6.45, 7) is 0.271. The molecule has 0 aliphatic carbocycles. The van der Waals surface area contributed by atoms with Crippen molar-refractivity contribution in [2.24, 2.45) is 0 Å². The number of benzene rings is 2. The van der Waals surface area contributed by atoms with E-state index in [1.165, 1.54) is 22.5 Å². The first-order chi connectivity index (χ1) is 12.8. The van der Waals surface area contributed by atoms with Gasteiger partial charge < -0.3 is 10.1 Å². The lowest BCUT2D eigenvalue weighted by molar-refractivity contribution is -0.116. The molecule has 0 aliphatic heterocycles. The van der Waals surface area contributed by atoms with Gasteiger partial charge in [0.25, 0.3) is 0 Å². The van der Waals surface area contributed by atoms with Crippen LogP contribution in [0.2, 0.25) is 0 Å². The van der Waals surface area contributed by atoms with E-state index in [-0.39, 0.29) is 25.2 Å². The zero-order valence-electron chi connectivity index (χ0n) is 15.3. The van der Waals surface area contributed by atoms with Crippen LogP contribution in [0.5, 0.6) is 5.75 Å². The van der Waals surface area contributed by atoms with Gasteiger partial charge in [0.2, 0.25) is 15.9 Å². The van der Waals surface area contributed by atoms with Crippen molar-refractivity contribution in [3.63, 3.8) is 0 Å². The van der Waals surface area contributed by atoms with Crippen LogP contribution in [0.15, 0.2) is 48.5 Å². The molecule has 1 amide bonds. The van der Waals surface area contributed by atoms with Gasteiger partial charge in [-0.15, -0.1) is 0 Å². The van der Waals surface area contributed by atoms with E-state index in [4.69, 9.17) is 4.74 Å². The molecule has 6 nitrogen and oxygen atoms in total. The van der Waals surface area contributed by atoms with Crippen molar-refractivity contribution in [2.75, 3.05) is 31.8 Å². The van der Waals surface area contributed by atoms with Crippen molar-refractivity contribution in [1.29, 1.82) is 0 Å². The zero-order chi connectivity index (χ0) is 19.9. The lowest BCUT2D eigenvalue weighted by Gasteiger charge is -2.20. The van der Waals surface area contributed by atoms with E-state index < -0.39 is 21.7 Å². The minimum absolute atomic E-state index is 0.0231. The molecule has 0 heterocycles. The number of amides is 1. The van der Waals surface area contributed by atoms with Gasteiger partial charge in [-0.05, 0) is 36.2 Å². The number of nitrogens with one attached hydrogen (secondary N) is 1. The number of halogens is 1. The number of rotatable bonds is 9. The van der Waals surface area contributed by atoms with E-state index in [2.05, 4.69) is 5.32 Å². The molecule has 0 atom stereocenters. The van der Waals surface area contributed by atoms with Crippen molar-refractivity contribution in [2.45, 2.75) is 12.8 Å². The van der Waals surface area contributed by atoms with Crippen LogP contribution in [-0.4, -0.2) is 45.1 Å². The highest BCUT2D eigenvalue weighted by molar-refractivity contribution is 7.88. The normalized spacial score (nSPS) is 11.4. The standard InChI is InChI=1S/C19H23FN2O4S/c1-26-16-9-7-15(8-10-16)11-13-22(27(2,24)25)14-12-19(23)21-18-6-4-3-5-17(18)20/h3-10H,11-14H2,1-2H3,(H,21,23). The first kappa shape index (κ1) is 20.9. The SMILES string of the molecule is COc1ccc(CCN(CCC(=O)Nc2ccccc2F)S(C)(=O)=O)cc1. The molecule has 8 heteroatoms. The van der Waals surface area contributed by atoms with Crippen LogP contribution in [0.4, 0.5) is 10.1 Å². The molecule has 0 fully saturated rings. The van der Waals surface area contributed by atoms with Crippen molar-refractivity contribution >= 4 is 21.6 Å². The average Bonchev–Trinajstić information content (AvgIpc) is 2.63. The van der Waals surface area contributed by atoms with Crippen LogP contribution in [0.1, 0.15) is 12.0 Å². The Kier molecular flexibility index (Phi) is 7.32. The van der Waals surface area contributed by atoms with Crippen LogP contribution in [0.3, 0.4) is 0 Å². The summed E-state index contributed by atoms with van der Waals surface area (Å²) in [5.74, 6) is -0.257. The summed E-state index contributed by atoms with van der Waals surface area (Å²) in [5.41, 5.74) is 1.03. The third kappa shape index (κ3) is 6.65. The Morgan fingerprint density at radius 3 is 2.37 bits per heavy atom.